The van der Waals surface area contributed by atoms with Crippen molar-refractivity contribution in [2.45, 2.75) is 59.8 Å². The molecule has 1 rings (SSSR count). The number of hydrogen-bond acceptors (Lipinski definition) is 4. The van der Waals surface area contributed by atoms with Gasteiger partial charge in [-0.15, -0.1) is 11.3 Å². The van der Waals surface area contributed by atoms with Gasteiger partial charge in [-0.05, 0) is 32.4 Å². The molecule has 1 aromatic heterocycles. The van der Waals surface area contributed by atoms with Gasteiger partial charge in [0.05, 0.1) is 6.61 Å². The number of hydrogen-bond donors (Lipinski definition) is 1. The summed E-state index contributed by atoms with van der Waals surface area (Å²) in [7, 11) is 1.77. The average Bonchev–Trinajstić information content (AvgIpc) is 2.72. The second-order valence-corrected chi connectivity index (χ2v) is 7.23. The maximum Gasteiger partial charge on any atom is 0.0589 e. The van der Waals surface area contributed by atoms with Crippen molar-refractivity contribution < 1.29 is 4.74 Å². The molecule has 0 spiro atoms. The minimum atomic E-state index is 0.537. The first-order valence-corrected chi connectivity index (χ1v) is 8.30. The van der Waals surface area contributed by atoms with E-state index < -0.39 is 0 Å². The first-order valence-electron chi connectivity index (χ1n) is 7.48. The summed E-state index contributed by atoms with van der Waals surface area (Å²) in [6.07, 6.45) is 0. The number of rotatable bonds is 9. The van der Waals surface area contributed by atoms with E-state index in [0.717, 1.165) is 26.2 Å². The fourth-order valence-electron chi connectivity index (χ4n) is 2.08. The Morgan fingerprint density at radius 3 is 2.55 bits per heavy atom. The number of thiophene rings is 1. The Bertz CT molecular complexity index is 388. The lowest BCUT2D eigenvalue weighted by Crippen LogP contribution is -2.33. The minimum absolute atomic E-state index is 0.537. The van der Waals surface area contributed by atoms with Crippen LogP contribution in [0.2, 0.25) is 0 Å². The van der Waals surface area contributed by atoms with Crippen LogP contribution in [0.15, 0.2) is 6.07 Å². The van der Waals surface area contributed by atoms with Crippen LogP contribution in [0.5, 0.6) is 0 Å². The van der Waals surface area contributed by atoms with Crippen molar-refractivity contribution in [1.82, 2.24) is 10.2 Å². The predicted molar refractivity (Wildman–Crippen MR) is 88.5 cm³/mol. The van der Waals surface area contributed by atoms with Crippen molar-refractivity contribution >= 4 is 11.3 Å². The predicted octanol–water partition coefficient (Wildman–Crippen LogP) is 3.41. The molecule has 4 heteroatoms. The largest absolute Gasteiger partial charge is 0.383 e. The molecule has 1 aromatic rings. The zero-order chi connectivity index (χ0) is 15.1. The Morgan fingerprint density at radius 2 is 2.00 bits per heavy atom. The first kappa shape index (κ1) is 17.6. The Balaban J connectivity index is 2.65. The third-order valence-electron chi connectivity index (χ3n) is 3.44. The van der Waals surface area contributed by atoms with E-state index >= 15 is 0 Å². The zero-order valence-corrected chi connectivity index (χ0v) is 14.6. The van der Waals surface area contributed by atoms with E-state index in [-0.39, 0.29) is 0 Å². The summed E-state index contributed by atoms with van der Waals surface area (Å²) < 4.78 is 5.21. The molecule has 1 heterocycles. The second kappa shape index (κ2) is 8.78. The van der Waals surface area contributed by atoms with Gasteiger partial charge in [-0.1, -0.05) is 13.8 Å². The van der Waals surface area contributed by atoms with Gasteiger partial charge in [0.2, 0.25) is 0 Å². The van der Waals surface area contributed by atoms with Crippen LogP contribution in [0, 0.1) is 6.92 Å². The van der Waals surface area contributed by atoms with Crippen LogP contribution < -0.4 is 5.32 Å². The van der Waals surface area contributed by atoms with E-state index in [1.807, 2.05) is 11.3 Å². The molecule has 0 fully saturated rings. The number of aryl methyl sites for hydroxylation is 1. The average molecular weight is 298 g/mol. The molecule has 0 unspecified atom stereocenters. The van der Waals surface area contributed by atoms with Gasteiger partial charge in [0.25, 0.3) is 0 Å². The molecule has 0 saturated carbocycles. The molecule has 0 saturated heterocycles. The molecule has 3 nitrogen and oxygen atoms in total. The fourth-order valence-corrected chi connectivity index (χ4v) is 3.09. The van der Waals surface area contributed by atoms with Crippen molar-refractivity contribution in [2.24, 2.45) is 0 Å². The molecular formula is C16H30N2OS. The van der Waals surface area contributed by atoms with Crippen LogP contribution in [-0.4, -0.2) is 37.2 Å². The highest BCUT2D eigenvalue weighted by atomic mass is 32.1. The summed E-state index contributed by atoms with van der Waals surface area (Å²) >= 11 is 1.91. The van der Waals surface area contributed by atoms with Crippen molar-refractivity contribution in [3.8, 4) is 0 Å². The number of nitrogens with zero attached hydrogens (tertiary/aromatic N) is 1. The van der Waals surface area contributed by atoms with Crippen LogP contribution in [0.1, 0.15) is 43.0 Å². The summed E-state index contributed by atoms with van der Waals surface area (Å²) in [5.41, 5.74) is 1.46. The van der Waals surface area contributed by atoms with E-state index in [4.69, 9.17) is 4.74 Å². The summed E-state index contributed by atoms with van der Waals surface area (Å²) in [6.45, 7) is 14.9. The van der Waals surface area contributed by atoms with E-state index in [0.29, 0.717) is 12.1 Å². The third kappa shape index (κ3) is 5.92. The maximum atomic E-state index is 5.21. The Kier molecular flexibility index (Phi) is 7.74. The lowest BCUT2D eigenvalue weighted by molar-refractivity contribution is 0.125. The molecule has 0 atom stereocenters. The molecule has 0 aliphatic carbocycles. The van der Waals surface area contributed by atoms with Gasteiger partial charge in [-0.25, -0.2) is 0 Å². The second-order valence-electron chi connectivity index (χ2n) is 5.89. The van der Waals surface area contributed by atoms with E-state index in [1.54, 1.807) is 7.11 Å². The Labute approximate surface area is 128 Å². The van der Waals surface area contributed by atoms with Gasteiger partial charge < -0.3 is 10.1 Å². The van der Waals surface area contributed by atoms with Crippen LogP contribution in [0.4, 0.5) is 0 Å². The van der Waals surface area contributed by atoms with Gasteiger partial charge in [0.1, 0.15) is 0 Å². The summed E-state index contributed by atoms with van der Waals surface area (Å²) in [6, 6.07) is 3.44. The molecule has 116 valence electrons. The monoisotopic (exact) mass is 298 g/mol. The summed E-state index contributed by atoms with van der Waals surface area (Å²) in [5, 5.41) is 3.49. The number of nitrogens with one attached hydrogen (secondary N) is 1. The van der Waals surface area contributed by atoms with Crippen molar-refractivity contribution in [2.75, 3.05) is 20.3 Å². The quantitative estimate of drug-likeness (QED) is 0.756. The molecule has 0 bridgehead atoms. The molecule has 0 radical (unpaired) electrons. The smallest absolute Gasteiger partial charge is 0.0589 e. The van der Waals surface area contributed by atoms with Crippen LogP contribution in [0.25, 0.3) is 0 Å². The molecule has 0 aliphatic heterocycles. The van der Waals surface area contributed by atoms with Gasteiger partial charge in [-0.3, -0.25) is 4.90 Å². The third-order valence-corrected chi connectivity index (χ3v) is 4.54. The molecule has 0 amide bonds. The zero-order valence-electron chi connectivity index (χ0n) is 13.8. The number of methoxy groups -OCH3 is 1. The van der Waals surface area contributed by atoms with Crippen LogP contribution in [-0.2, 0) is 17.8 Å². The normalized spacial score (nSPS) is 12.1. The highest BCUT2D eigenvalue weighted by molar-refractivity contribution is 7.12. The van der Waals surface area contributed by atoms with E-state index in [9.17, 15) is 0 Å². The van der Waals surface area contributed by atoms with Crippen molar-refractivity contribution in [3.63, 3.8) is 0 Å². The lowest BCUT2D eigenvalue weighted by Gasteiger charge is -2.26. The van der Waals surface area contributed by atoms with Gasteiger partial charge in [-0.2, -0.15) is 0 Å². The molecule has 0 aliphatic rings. The van der Waals surface area contributed by atoms with Crippen LogP contribution in [0.3, 0.4) is 0 Å². The van der Waals surface area contributed by atoms with E-state index in [1.165, 1.54) is 15.3 Å². The van der Waals surface area contributed by atoms with Crippen LogP contribution >= 0.6 is 11.3 Å². The molecule has 0 aromatic carbocycles. The first-order chi connectivity index (χ1) is 9.43. The lowest BCUT2D eigenvalue weighted by atomic mass is 10.2. The van der Waals surface area contributed by atoms with Gasteiger partial charge >= 0.3 is 0 Å². The molecular weight excluding hydrogens is 268 g/mol. The SMILES string of the molecule is COCCN(Cc1cc(CNC(C)C)sc1C)C(C)C. The highest BCUT2D eigenvalue weighted by Gasteiger charge is 2.13. The van der Waals surface area contributed by atoms with Gasteiger partial charge in [0.15, 0.2) is 0 Å². The Hall–Kier alpha value is -0.420. The summed E-state index contributed by atoms with van der Waals surface area (Å²) in [5.74, 6) is 0. The highest BCUT2D eigenvalue weighted by Crippen LogP contribution is 2.23. The topological polar surface area (TPSA) is 24.5 Å². The van der Waals surface area contributed by atoms with Crippen molar-refractivity contribution in [1.29, 1.82) is 0 Å². The standard InChI is InChI=1S/C16H30N2OS/c1-12(2)17-10-16-9-15(14(5)20-16)11-18(13(3)4)7-8-19-6/h9,12-13,17H,7-8,10-11H2,1-6H3. The number of ether oxygens (including phenoxy) is 1. The Morgan fingerprint density at radius 1 is 1.30 bits per heavy atom. The minimum Gasteiger partial charge on any atom is -0.383 e. The van der Waals surface area contributed by atoms with Crippen molar-refractivity contribution in [3.05, 3.63) is 21.4 Å². The maximum absolute atomic E-state index is 5.21. The molecule has 20 heavy (non-hydrogen) atoms. The molecule has 1 N–H and O–H groups in total. The van der Waals surface area contributed by atoms with E-state index in [2.05, 4.69) is 50.9 Å². The fraction of sp³-hybridized carbons (Fsp3) is 0.750. The summed E-state index contributed by atoms with van der Waals surface area (Å²) in [4.78, 5) is 5.34. The van der Waals surface area contributed by atoms with Gasteiger partial charge in [0, 0.05) is 48.6 Å².